The molecule has 0 saturated heterocycles. The second kappa shape index (κ2) is 10.4. The number of hydrogen-bond donors (Lipinski definition) is 0. The van der Waals surface area contributed by atoms with Crippen LogP contribution in [0.15, 0.2) is 59.5 Å². The SMILES string of the molecule is Cc1cc(C)c([I-]c2ccc(CC(=O)CCn3c(=O)c4cnn(C)c4c4ccc(F)cc43)c(F)c2)c(C)c1. The summed E-state index contributed by atoms with van der Waals surface area (Å²) in [4.78, 5) is 26.0. The van der Waals surface area contributed by atoms with Gasteiger partial charge in [0.2, 0.25) is 0 Å². The van der Waals surface area contributed by atoms with Crippen LogP contribution in [0.2, 0.25) is 0 Å². The van der Waals surface area contributed by atoms with Crippen molar-refractivity contribution >= 4 is 27.6 Å². The molecule has 5 nitrogen and oxygen atoms in total. The van der Waals surface area contributed by atoms with Gasteiger partial charge in [0.05, 0.1) is 0 Å². The zero-order valence-electron chi connectivity index (χ0n) is 21.6. The van der Waals surface area contributed by atoms with Gasteiger partial charge in [-0.3, -0.25) is 4.68 Å². The summed E-state index contributed by atoms with van der Waals surface area (Å²) in [6.45, 7) is 6.32. The number of aryl methyl sites for hydroxylation is 5. The molecule has 2 aromatic heterocycles. The Morgan fingerprint density at radius 1 is 0.974 bits per heavy atom. The molecular formula is C30H27F2IN3O2-. The third-order valence-electron chi connectivity index (χ3n) is 6.72. The van der Waals surface area contributed by atoms with E-state index in [1.165, 1.54) is 43.2 Å². The summed E-state index contributed by atoms with van der Waals surface area (Å²) in [6, 6.07) is 13.7. The van der Waals surface area contributed by atoms with Gasteiger partial charge in [0.15, 0.2) is 0 Å². The molecule has 0 radical (unpaired) electrons. The molecule has 0 aliphatic carbocycles. The van der Waals surface area contributed by atoms with E-state index in [4.69, 9.17) is 0 Å². The zero-order valence-corrected chi connectivity index (χ0v) is 23.8. The van der Waals surface area contributed by atoms with Crippen LogP contribution >= 0.6 is 0 Å². The summed E-state index contributed by atoms with van der Waals surface area (Å²) in [5.74, 6) is -1.06. The summed E-state index contributed by atoms with van der Waals surface area (Å²) in [5, 5.41) is 5.26. The molecular weight excluding hydrogens is 599 g/mol. The average molecular weight is 626 g/mol. The minimum absolute atomic E-state index is 0.0210. The molecule has 0 fully saturated rings. The van der Waals surface area contributed by atoms with Crippen LogP contribution in [-0.4, -0.2) is 20.1 Å². The Labute approximate surface area is 229 Å². The predicted molar refractivity (Wildman–Crippen MR) is 140 cm³/mol. The summed E-state index contributed by atoms with van der Waals surface area (Å²) >= 11 is -0.554. The molecule has 0 aliphatic heterocycles. The quantitative estimate of drug-likeness (QED) is 0.261. The fourth-order valence-electron chi connectivity index (χ4n) is 5.00. The van der Waals surface area contributed by atoms with Crippen LogP contribution in [0.1, 0.15) is 28.7 Å². The van der Waals surface area contributed by atoms with Crippen molar-refractivity contribution in [3.05, 3.63) is 106 Å². The van der Waals surface area contributed by atoms with E-state index in [0.717, 1.165) is 3.57 Å². The van der Waals surface area contributed by atoms with E-state index in [2.05, 4.69) is 38.0 Å². The van der Waals surface area contributed by atoms with E-state index in [1.807, 2.05) is 6.07 Å². The van der Waals surface area contributed by atoms with Gasteiger partial charge < -0.3 is 0 Å². The predicted octanol–water partition coefficient (Wildman–Crippen LogP) is 2.42. The number of hydrogen-bond acceptors (Lipinski definition) is 3. The molecule has 5 aromatic rings. The third kappa shape index (κ3) is 5.01. The van der Waals surface area contributed by atoms with Crippen molar-refractivity contribution in [3.8, 4) is 0 Å². The van der Waals surface area contributed by atoms with E-state index >= 15 is 0 Å². The second-order valence-electron chi connectivity index (χ2n) is 9.66. The number of benzene rings is 3. The molecule has 0 amide bonds. The number of carbonyl (C=O) groups excluding carboxylic acids is 1. The van der Waals surface area contributed by atoms with Crippen molar-refractivity contribution in [3.63, 3.8) is 0 Å². The van der Waals surface area contributed by atoms with E-state index in [0.29, 0.717) is 27.4 Å². The molecule has 38 heavy (non-hydrogen) atoms. The van der Waals surface area contributed by atoms with Crippen LogP contribution in [0.3, 0.4) is 0 Å². The van der Waals surface area contributed by atoms with Crippen molar-refractivity contribution in [2.75, 3.05) is 0 Å². The van der Waals surface area contributed by atoms with Crippen molar-refractivity contribution in [2.45, 2.75) is 40.2 Å². The number of fused-ring (bicyclic) bond motifs is 3. The fourth-order valence-corrected chi connectivity index (χ4v) is 7.57. The van der Waals surface area contributed by atoms with Gasteiger partial charge >= 0.3 is 203 Å². The van der Waals surface area contributed by atoms with Gasteiger partial charge in [-0.1, -0.05) is 0 Å². The molecule has 196 valence electrons. The molecule has 0 atom stereocenters. The number of ketones is 1. The number of aromatic nitrogens is 3. The normalized spacial score (nSPS) is 11.6. The minimum atomic E-state index is -0.554. The first-order valence-electron chi connectivity index (χ1n) is 12.3. The third-order valence-corrected chi connectivity index (χ3v) is 10.3. The molecule has 0 saturated carbocycles. The molecule has 0 N–H and O–H groups in total. The number of nitrogens with zero attached hydrogens (tertiary/aromatic N) is 3. The van der Waals surface area contributed by atoms with Crippen LogP contribution in [0.4, 0.5) is 8.78 Å². The van der Waals surface area contributed by atoms with Gasteiger partial charge in [-0.05, 0) is 6.07 Å². The topological polar surface area (TPSA) is 56.9 Å². The Hall–Kier alpha value is -3.40. The molecule has 3 aromatic carbocycles. The Bertz CT molecular complexity index is 1770. The molecule has 0 spiro atoms. The van der Waals surface area contributed by atoms with Gasteiger partial charge in [0.25, 0.3) is 0 Å². The number of halogens is 3. The summed E-state index contributed by atoms with van der Waals surface area (Å²) in [7, 11) is 1.73. The van der Waals surface area contributed by atoms with Gasteiger partial charge in [-0.25, -0.2) is 4.39 Å². The first-order valence-corrected chi connectivity index (χ1v) is 14.4. The average Bonchev–Trinajstić information content (AvgIpc) is 3.24. The number of carbonyl (C=O) groups is 1. The Balaban J connectivity index is 1.34. The maximum atomic E-state index is 15.0. The number of rotatable bonds is 7. The monoisotopic (exact) mass is 626 g/mol. The summed E-state index contributed by atoms with van der Waals surface area (Å²) in [5.41, 5.74) is 4.69. The Kier molecular flexibility index (Phi) is 7.17. The van der Waals surface area contributed by atoms with Crippen molar-refractivity contribution in [2.24, 2.45) is 7.05 Å². The van der Waals surface area contributed by atoms with Crippen molar-refractivity contribution in [1.82, 2.24) is 14.3 Å². The van der Waals surface area contributed by atoms with E-state index < -0.39 is 27.0 Å². The van der Waals surface area contributed by atoms with Crippen molar-refractivity contribution in [1.29, 1.82) is 0 Å². The number of pyridine rings is 1. The maximum absolute atomic E-state index is 15.0. The van der Waals surface area contributed by atoms with Gasteiger partial charge in [-0.2, -0.15) is 5.10 Å². The van der Waals surface area contributed by atoms with Crippen LogP contribution in [0.25, 0.3) is 21.8 Å². The van der Waals surface area contributed by atoms with Crippen molar-refractivity contribution < 1.29 is 34.8 Å². The Morgan fingerprint density at radius 3 is 2.42 bits per heavy atom. The van der Waals surface area contributed by atoms with Crippen LogP contribution < -0.4 is 26.8 Å². The van der Waals surface area contributed by atoms with E-state index in [9.17, 15) is 18.4 Å². The molecule has 0 unspecified atom stereocenters. The fraction of sp³-hybridized carbons (Fsp3) is 0.233. The first kappa shape index (κ1) is 26.2. The zero-order chi connectivity index (χ0) is 27.1. The second-order valence-corrected chi connectivity index (χ2v) is 12.5. The van der Waals surface area contributed by atoms with Gasteiger partial charge in [-0.15, -0.1) is 0 Å². The van der Waals surface area contributed by atoms with E-state index in [1.54, 1.807) is 29.9 Å². The van der Waals surface area contributed by atoms with Crippen LogP contribution in [0, 0.1) is 39.5 Å². The molecule has 2 heterocycles. The van der Waals surface area contributed by atoms with E-state index in [-0.39, 0.29) is 36.5 Å². The number of Topliss-reactive ketones (excluding diaryl/α,β-unsaturated/α-hetero) is 1. The summed E-state index contributed by atoms with van der Waals surface area (Å²) in [6.07, 6.45) is 1.44. The molecule has 8 heteroatoms. The standard InChI is InChI=1S/C30H27F2IN3O2/c1-17-11-18(2)28(19(3)12-17)33-22-7-5-20(26(32)15-22)13-23(37)9-10-36-27-14-21(31)6-8-24(27)29-25(30(36)38)16-34-35(29)4/h5-8,11-12,14-16H,9-10,13H2,1-4H3/q-1. The summed E-state index contributed by atoms with van der Waals surface area (Å²) < 4.78 is 34.3. The first-order chi connectivity index (χ1) is 18.1. The Morgan fingerprint density at radius 2 is 1.71 bits per heavy atom. The molecule has 0 aliphatic rings. The van der Waals surface area contributed by atoms with Crippen LogP contribution in [-0.2, 0) is 24.8 Å². The van der Waals surface area contributed by atoms with Gasteiger partial charge in [0, 0.05) is 7.05 Å². The van der Waals surface area contributed by atoms with Gasteiger partial charge in [0.1, 0.15) is 0 Å². The molecule has 0 bridgehead atoms. The molecule has 5 rings (SSSR count). The van der Waals surface area contributed by atoms with Crippen LogP contribution in [0.5, 0.6) is 0 Å².